The van der Waals surface area contributed by atoms with Gasteiger partial charge in [0, 0.05) is 30.3 Å². The largest absolute Gasteiger partial charge is 0.373 e. The van der Waals surface area contributed by atoms with Crippen LogP contribution in [0.4, 0.5) is 8.78 Å². The van der Waals surface area contributed by atoms with Crippen LogP contribution in [0.3, 0.4) is 0 Å². The van der Waals surface area contributed by atoms with Gasteiger partial charge < -0.3 is 14.6 Å². The molecule has 198 valence electrons. The number of imidazole rings is 1. The van der Waals surface area contributed by atoms with Crippen LogP contribution < -0.4 is 5.32 Å². The second-order valence-electron chi connectivity index (χ2n) is 10.5. The lowest BCUT2D eigenvalue weighted by atomic mass is 9.84. The number of methoxy groups -OCH3 is 1. The molecule has 0 aliphatic heterocycles. The number of hydrogen-bond donors (Lipinski definition) is 1. The summed E-state index contributed by atoms with van der Waals surface area (Å²) in [5.74, 6) is -1.45. The molecule has 2 atom stereocenters. The fraction of sp³-hybridized carbons (Fsp3) is 0.517. The van der Waals surface area contributed by atoms with Crippen LogP contribution in [0.5, 0.6) is 0 Å². The van der Waals surface area contributed by atoms with Crippen LogP contribution in [-0.2, 0) is 9.53 Å². The van der Waals surface area contributed by atoms with Gasteiger partial charge in [-0.3, -0.25) is 4.79 Å². The van der Waals surface area contributed by atoms with Gasteiger partial charge in [0.25, 0.3) is 0 Å². The molecule has 5 rings (SSSR count). The Kier molecular flexibility index (Phi) is 8.10. The van der Waals surface area contributed by atoms with E-state index in [2.05, 4.69) is 5.32 Å². The highest BCUT2D eigenvalue weighted by molar-refractivity contribution is 6.30. The maximum atomic E-state index is 14.6. The molecule has 0 saturated heterocycles. The Morgan fingerprint density at radius 2 is 1.70 bits per heavy atom. The molecule has 2 aliphatic rings. The molecule has 2 aromatic carbocycles. The summed E-state index contributed by atoms with van der Waals surface area (Å²) < 4.78 is 36.7. The zero-order valence-corrected chi connectivity index (χ0v) is 21.9. The number of nitrogens with zero attached hydrogens (tertiary/aromatic N) is 2. The number of carbonyl (C=O) groups is 1. The van der Waals surface area contributed by atoms with E-state index >= 15 is 0 Å². The molecule has 2 fully saturated rings. The van der Waals surface area contributed by atoms with Crippen molar-refractivity contribution in [3.05, 3.63) is 64.4 Å². The van der Waals surface area contributed by atoms with Gasteiger partial charge in [-0.2, -0.15) is 0 Å². The van der Waals surface area contributed by atoms with Gasteiger partial charge in [0.2, 0.25) is 5.91 Å². The number of ether oxygens (including phenoxy) is 1. The number of fused-ring (bicyclic) bond motifs is 1. The minimum atomic E-state index is -0.982. The monoisotopic (exact) mass is 529 g/mol. The summed E-state index contributed by atoms with van der Waals surface area (Å²) in [4.78, 5) is 18.8. The predicted molar refractivity (Wildman–Crippen MR) is 141 cm³/mol. The first kappa shape index (κ1) is 26.1. The maximum absolute atomic E-state index is 14.6. The van der Waals surface area contributed by atoms with Crippen LogP contribution in [0.2, 0.25) is 5.02 Å². The summed E-state index contributed by atoms with van der Waals surface area (Å²) in [5, 5.41) is 3.73. The lowest BCUT2D eigenvalue weighted by Crippen LogP contribution is -2.41. The van der Waals surface area contributed by atoms with Gasteiger partial charge >= 0.3 is 0 Å². The van der Waals surface area contributed by atoms with Crippen LogP contribution in [0.1, 0.15) is 87.7 Å². The highest BCUT2D eigenvalue weighted by Gasteiger charge is 2.35. The van der Waals surface area contributed by atoms with Gasteiger partial charge in [0.15, 0.2) is 11.6 Å². The maximum Gasteiger partial charge on any atom is 0.247 e. The molecule has 3 aromatic rings. The normalized spacial score (nSPS) is 19.1. The number of halogens is 3. The zero-order valence-electron chi connectivity index (χ0n) is 21.2. The van der Waals surface area contributed by atoms with Gasteiger partial charge in [-0.05, 0) is 49.3 Å². The molecule has 0 radical (unpaired) electrons. The van der Waals surface area contributed by atoms with Gasteiger partial charge in [-0.15, -0.1) is 0 Å². The molecule has 5 nitrogen and oxygen atoms in total. The summed E-state index contributed by atoms with van der Waals surface area (Å²) in [6, 6.07) is 8.60. The molecule has 2 unspecified atom stereocenters. The molecular formula is C29H34ClF2N3O2. The van der Waals surface area contributed by atoms with Gasteiger partial charge in [0.1, 0.15) is 18.0 Å². The van der Waals surface area contributed by atoms with E-state index in [4.69, 9.17) is 21.3 Å². The fourth-order valence-corrected chi connectivity index (χ4v) is 6.35. The van der Waals surface area contributed by atoms with E-state index in [0.717, 1.165) is 63.5 Å². The second-order valence-corrected chi connectivity index (χ2v) is 10.9. The molecule has 1 heterocycles. The second kappa shape index (κ2) is 11.5. The standard InChI is InChI=1S/C29H34ClF2N3O2/c1-37-27(18-9-4-2-5-10-18)28-34-24-16-22(31)23(32)17-25(24)35(28)26(19-11-8-12-20(30)15-19)29(36)33-21-13-6-3-7-14-21/h8,11-12,15-18,21,26-27H,2-7,9-10,13-14H2,1H3,(H,33,36). The topological polar surface area (TPSA) is 56.2 Å². The summed E-state index contributed by atoms with van der Waals surface area (Å²) in [6.07, 6.45) is 10.1. The number of aromatic nitrogens is 2. The Hall–Kier alpha value is -2.51. The van der Waals surface area contributed by atoms with Crippen LogP contribution in [0.25, 0.3) is 11.0 Å². The average molecular weight is 530 g/mol. The van der Waals surface area contributed by atoms with Crippen molar-refractivity contribution in [2.75, 3.05) is 7.11 Å². The smallest absolute Gasteiger partial charge is 0.247 e. The lowest BCUT2D eigenvalue weighted by molar-refractivity contribution is -0.124. The van der Waals surface area contributed by atoms with E-state index in [0.29, 0.717) is 27.4 Å². The van der Waals surface area contributed by atoms with Crippen LogP contribution in [-0.4, -0.2) is 28.6 Å². The summed E-state index contributed by atoms with van der Waals surface area (Å²) in [5.41, 5.74) is 1.31. The minimum Gasteiger partial charge on any atom is -0.373 e. The van der Waals surface area contributed by atoms with Crippen LogP contribution in [0.15, 0.2) is 36.4 Å². The first-order chi connectivity index (χ1) is 18.0. The Morgan fingerprint density at radius 3 is 2.38 bits per heavy atom. The third kappa shape index (κ3) is 5.53. The Morgan fingerprint density at radius 1 is 1.03 bits per heavy atom. The number of nitrogens with one attached hydrogen (secondary N) is 1. The molecule has 2 aliphatic carbocycles. The number of benzene rings is 2. The third-order valence-corrected chi connectivity index (χ3v) is 8.20. The van der Waals surface area contributed by atoms with E-state index in [1.165, 1.54) is 12.8 Å². The molecule has 0 bridgehead atoms. The van der Waals surface area contributed by atoms with Crippen molar-refractivity contribution in [2.45, 2.75) is 82.4 Å². The van der Waals surface area contributed by atoms with E-state index < -0.39 is 23.8 Å². The van der Waals surface area contributed by atoms with E-state index in [-0.39, 0.29) is 17.9 Å². The van der Waals surface area contributed by atoms with E-state index in [1.807, 2.05) is 6.07 Å². The van der Waals surface area contributed by atoms with Crippen molar-refractivity contribution < 1.29 is 18.3 Å². The quantitative estimate of drug-likeness (QED) is 0.350. The van der Waals surface area contributed by atoms with Crippen molar-refractivity contribution in [2.24, 2.45) is 5.92 Å². The van der Waals surface area contributed by atoms with Crippen LogP contribution >= 0.6 is 11.6 Å². The lowest BCUT2D eigenvalue weighted by Gasteiger charge is -2.32. The van der Waals surface area contributed by atoms with E-state index in [9.17, 15) is 13.6 Å². The zero-order chi connectivity index (χ0) is 25.9. The van der Waals surface area contributed by atoms with Gasteiger partial charge in [-0.1, -0.05) is 62.3 Å². The Bertz CT molecular complexity index is 1250. The predicted octanol–water partition coefficient (Wildman–Crippen LogP) is 7.27. The number of rotatable bonds is 7. The number of amides is 1. The summed E-state index contributed by atoms with van der Waals surface area (Å²) in [7, 11) is 1.64. The molecular weight excluding hydrogens is 496 g/mol. The highest BCUT2D eigenvalue weighted by Crippen LogP contribution is 2.40. The van der Waals surface area contributed by atoms with Gasteiger partial charge in [0.05, 0.1) is 11.0 Å². The third-order valence-electron chi connectivity index (χ3n) is 7.97. The first-order valence-corrected chi connectivity index (χ1v) is 13.8. The average Bonchev–Trinajstić information content (AvgIpc) is 3.23. The Labute approximate surface area is 221 Å². The first-order valence-electron chi connectivity index (χ1n) is 13.4. The Balaban J connectivity index is 1.68. The molecule has 1 aromatic heterocycles. The summed E-state index contributed by atoms with van der Waals surface area (Å²) >= 11 is 6.37. The van der Waals surface area contributed by atoms with Crippen molar-refractivity contribution in [1.82, 2.24) is 14.9 Å². The number of hydrogen-bond acceptors (Lipinski definition) is 3. The molecule has 37 heavy (non-hydrogen) atoms. The van der Waals surface area contributed by atoms with Gasteiger partial charge in [-0.25, -0.2) is 13.8 Å². The van der Waals surface area contributed by atoms with Crippen molar-refractivity contribution in [1.29, 1.82) is 0 Å². The SMILES string of the molecule is COC(c1nc2cc(F)c(F)cc2n1C(C(=O)NC1CCCCC1)c1cccc(Cl)c1)C1CCCCC1. The number of carbonyl (C=O) groups excluding carboxylic acids is 1. The minimum absolute atomic E-state index is 0.0758. The molecule has 1 amide bonds. The van der Waals surface area contributed by atoms with Crippen LogP contribution in [0, 0.1) is 17.6 Å². The molecule has 8 heteroatoms. The van der Waals surface area contributed by atoms with Crippen molar-refractivity contribution in [3.63, 3.8) is 0 Å². The van der Waals surface area contributed by atoms with Crippen molar-refractivity contribution >= 4 is 28.5 Å². The molecule has 1 N–H and O–H groups in total. The van der Waals surface area contributed by atoms with E-state index in [1.54, 1.807) is 29.9 Å². The summed E-state index contributed by atoms with van der Waals surface area (Å²) in [6.45, 7) is 0. The van der Waals surface area contributed by atoms with Crippen molar-refractivity contribution in [3.8, 4) is 0 Å². The fourth-order valence-electron chi connectivity index (χ4n) is 6.15. The molecule has 2 saturated carbocycles. The highest BCUT2D eigenvalue weighted by atomic mass is 35.5. The molecule has 0 spiro atoms.